The number of halogens is 1. The SMILES string of the molecule is CCCCOc1ccc(/C=C(\C#N)C(=O)Nc2ccccc2F)cc1OC. The third-order valence-electron chi connectivity index (χ3n) is 3.74. The van der Waals surface area contributed by atoms with Gasteiger partial charge in [0.25, 0.3) is 5.91 Å². The van der Waals surface area contributed by atoms with Crippen LogP contribution in [0.15, 0.2) is 48.0 Å². The number of benzene rings is 2. The maximum Gasteiger partial charge on any atom is 0.266 e. The first-order chi connectivity index (χ1) is 13.1. The van der Waals surface area contributed by atoms with Gasteiger partial charge < -0.3 is 14.8 Å². The molecule has 0 heterocycles. The van der Waals surface area contributed by atoms with E-state index in [0.717, 1.165) is 12.8 Å². The van der Waals surface area contributed by atoms with Gasteiger partial charge in [-0.15, -0.1) is 0 Å². The van der Waals surface area contributed by atoms with Gasteiger partial charge in [-0.05, 0) is 42.3 Å². The molecule has 0 saturated carbocycles. The molecule has 0 aliphatic carbocycles. The number of ether oxygens (including phenoxy) is 2. The Hall–Kier alpha value is -3.33. The number of para-hydroxylation sites is 1. The number of nitriles is 1. The molecule has 0 spiro atoms. The number of nitrogens with one attached hydrogen (secondary N) is 1. The number of hydrogen-bond donors (Lipinski definition) is 1. The zero-order valence-electron chi connectivity index (χ0n) is 15.3. The number of carbonyl (C=O) groups is 1. The lowest BCUT2D eigenvalue weighted by Crippen LogP contribution is -2.14. The Kier molecular flexibility index (Phi) is 7.38. The van der Waals surface area contributed by atoms with Crippen molar-refractivity contribution in [3.63, 3.8) is 0 Å². The zero-order chi connectivity index (χ0) is 19.6. The summed E-state index contributed by atoms with van der Waals surface area (Å²) < 4.78 is 24.6. The van der Waals surface area contributed by atoms with Crippen LogP contribution in [0.3, 0.4) is 0 Å². The summed E-state index contributed by atoms with van der Waals surface area (Å²) in [5.74, 6) is -0.160. The van der Waals surface area contributed by atoms with Crippen LogP contribution in [-0.2, 0) is 4.79 Å². The highest BCUT2D eigenvalue weighted by Crippen LogP contribution is 2.29. The Morgan fingerprint density at radius 1 is 1.26 bits per heavy atom. The number of methoxy groups -OCH3 is 1. The van der Waals surface area contributed by atoms with Crippen molar-refractivity contribution in [2.24, 2.45) is 0 Å². The third kappa shape index (κ3) is 5.58. The molecular weight excluding hydrogens is 347 g/mol. The topological polar surface area (TPSA) is 71.3 Å². The van der Waals surface area contributed by atoms with E-state index < -0.39 is 11.7 Å². The van der Waals surface area contributed by atoms with Gasteiger partial charge in [0.2, 0.25) is 0 Å². The standard InChI is InChI=1S/C21H21FN2O3/c1-3-4-11-27-19-10-9-15(13-20(19)26-2)12-16(14-23)21(25)24-18-8-6-5-7-17(18)22/h5-10,12-13H,3-4,11H2,1-2H3,(H,24,25)/b16-12+. The number of amides is 1. The van der Waals surface area contributed by atoms with Crippen LogP contribution >= 0.6 is 0 Å². The fourth-order valence-corrected chi connectivity index (χ4v) is 2.29. The Labute approximate surface area is 158 Å². The summed E-state index contributed by atoms with van der Waals surface area (Å²) in [6.07, 6.45) is 3.36. The molecule has 0 aromatic heterocycles. The average molecular weight is 368 g/mol. The molecule has 6 heteroatoms. The summed E-state index contributed by atoms with van der Waals surface area (Å²) in [5.41, 5.74) is 0.454. The second-order valence-corrected chi connectivity index (χ2v) is 5.72. The molecule has 2 rings (SSSR count). The fraction of sp³-hybridized carbons (Fsp3) is 0.238. The number of unbranched alkanes of at least 4 members (excludes halogenated alkanes) is 1. The maximum absolute atomic E-state index is 13.7. The quantitative estimate of drug-likeness (QED) is 0.421. The van der Waals surface area contributed by atoms with E-state index in [1.807, 2.05) is 6.07 Å². The molecule has 0 unspecified atom stereocenters. The maximum atomic E-state index is 13.7. The highest BCUT2D eigenvalue weighted by molar-refractivity contribution is 6.09. The summed E-state index contributed by atoms with van der Waals surface area (Å²) in [6.45, 7) is 2.65. The van der Waals surface area contributed by atoms with E-state index in [1.54, 1.807) is 24.3 Å². The first-order valence-corrected chi connectivity index (χ1v) is 8.57. The normalized spacial score (nSPS) is 10.8. The van der Waals surface area contributed by atoms with Crippen molar-refractivity contribution in [1.29, 1.82) is 5.26 Å². The Bertz CT molecular complexity index is 872. The largest absolute Gasteiger partial charge is 0.493 e. The Morgan fingerprint density at radius 3 is 2.70 bits per heavy atom. The minimum Gasteiger partial charge on any atom is -0.493 e. The number of anilines is 1. The van der Waals surface area contributed by atoms with E-state index in [0.29, 0.717) is 23.7 Å². The fourth-order valence-electron chi connectivity index (χ4n) is 2.29. The van der Waals surface area contributed by atoms with Crippen LogP contribution in [-0.4, -0.2) is 19.6 Å². The second-order valence-electron chi connectivity index (χ2n) is 5.72. The van der Waals surface area contributed by atoms with E-state index in [1.165, 1.54) is 31.4 Å². The van der Waals surface area contributed by atoms with Crippen molar-refractivity contribution in [3.8, 4) is 17.6 Å². The molecular formula is C21H21FN2O3. The first-order valence-electron chi connectivity index (χ1n) is 8.57. The second kappa shape index (κ2) is 9.97. The summed E-state index contributed by atoms with van der Waals surface area (Å²) in [5, 5.41) is 11.7. The minimum atomic E-state index is -0.690. The van der Waals surface area contributed by atoms with E-state index in [-0.39, 0.29) is 11.3 Å². The van der Waals surface area contributed by atoms with Crippen LogP contribution in [0, 0.1) is 17.1 Å². The van der Waals surface area contributed by atoms with Crippen LogP contribution in [0.2, 0.25) is 0 Å². The summed E-state index contributed by atoms with van der Waals surface area (Å²) in [7, 11) is 1.52. The van der Waals surface area contributed by atoms with Gasteiger partial charge in [0.05, 0.1) is 19.4 Å². The van der Waals surface area contributed by atoms with E-state index >= 15 is 0 Å². The van der Waals surface area contributed by atoms with Crippen LogP contribution in [0.4, 0.5) is 10.1 Å². The van der Waals surface area contributed by atoms with Gasteiger partial charge in [0.15, 0.2) is 11.5 Å². The molecule has 2 aromatic carbocycles. The molecule has 140 valence electrons. The predicted molar refractivity (Wildman–Crippen MR) is 102 cm³/mol. The monoisotopic (exact) mass is 368 g/mol. The van der Waals surface area contributed by atoms with Crippen LogP contribution in [0.25, 0.3) is 6.08 Å². The van der Waals surface area contributed by atoms with Gasteiger partial charge in [0.1, 0.15) is 17.5 Å². The van der Waals surface area contributed by atoms with Gasteiger partial charge >= 0.3 is 0 Å². The van der Waals surface area contributed by atoms with Crippen molar-refractivity contribution >= 4 is 17.7 Å². The highest BCUT2D eigenvalue weighted by Gasteiger charge is 2.13. The third-order valence-corrected chi connectivity index (χ3v) is 3.74. The molecule has 0 saturated heterocycles. The zero-order valence-corrected chi connectivity index (χ0v) is 15.3. The van der Waals surface area contributed by atoms with Crippen LogP contribution in [0.1, 0.15) is 25.3 Å². The summed E-state index contributed by atoms with van der Waals surface area (Å²) in [4.78, 5) is 12.3. The van der Waals surface area contributed by atoms with Gasteiger partial charge in [0, 0.05) is 0 Å². The molecule has 0 radical (unpaired) electrons. The molecule has 0 bridgehead atoms. The number of carbonyl (C=O) groups excluding carboxylic acids is 1. The lowest BCUT2D eigenvalue weighted by Gasteiger charge is -2.11. The lowest BCUT2D eigenvalue weighted by molar-refractivity contribution is -0.112. The van der Waals surface area contributed by atoms with Gasteiger partial charge in [-0.25, -0.2) is 4.39 Å². The van der Waals surface area contributed by atoms with Crippen molar-refractivity contribution < 1.29 is 18.7 Å². The van der Waals surface area contributed by atoms with E-state index in [4.69, 9.17) is 9.47 Å². The van der Waals surface area contributed by atoms with E-state index in [9.17, 15) is 14.4 Å². The van der Waals surface area contributed by atoms with Crippen LogP contribution < -0.4 is 14.8 Å². The lowest BCUT2D eigenvalue weighted by atomic mass is 10.1. The average Bonchev–Trinajstić information content (AvgIpc) is 2.68. The van der Waals surface area contributed by atoms with Crippen molar-refractivity contribution in [2.75, 3.05) is 19.0 Å². The predicted octanol–water partition coefficient (Wildman–Crippen LogP) is 4.56. The van der Waals surface area contributed by atoms with Gasteiger partial charge in [-0.1, -0.05) is 31.5 Å². The Balaban J connectivity index is 2.20. The molecule has 1 N–H and O–H groups in total. The molecule has 27 heavy (non-hydrogen) atoms. The highest BCUT2D eigenvalue weighted by atomic mass is 19.1. The Morgan fingerprint density at radius 2 is 2.04 bits per heavy atom. The number of nitrogens with zero attached hydrogens (tertiary/aromatic N) is 1. The summed E-state index contributed by atoms with van der Waals surface area (Å²) >= 11 is 0. The van der Waals surface area contributed by atoms with E-state index in [2.05, 4.69) is 12.2 Å². The smallest absolute Gasteiger partial charge is 0.266 e. The minimum absolute atomic E-state index is 0.0147. The molecule has 0 fully saturated rings. The molecule has 1 amide bonds. The molecule has 0 atom stereocenters. The molecule has 0 aliphatic rings. The molecule has 0 aliphatic heterocycles. The number of hydrogen-bond acceptors (Lipinski definition) is 4. The van der Waals surface area contributed by atoms with Crippen molar-refractivity contribution in [1.82, 2.24) is 0 Å². The first kappa shape index (κ1) is 20.0. The van der Waals surface area contributed by atoms with Crippen molar-refractivity contribution in [3.05, 3.63) is 59.4 Å². The van der Waals surface area contributed by atoms with Crippen LogP contribution in [0.5, 0.6) is 11.5 Å². The summed E-state index contributed by atoms with van der Waals surface area (Å²) in [6, 6.07) is 12.7. The van der Waals surface area contributed by atoms with Gasteiger partial charge in [-0.2, -0.15) is 5.26 Å². The van der Waals surface area contributed by atoms with Gasteiger partial charge in [-0.3, -0.25) is 4.79 Å². The van der Waals surface area contributed by atoms with Crippen molar-refractivity contribution in [2.45, 2.75) is 19.8 Å². The molecule has 2 aromatic rings. The number of rotatable bonds is 8. The molecule has 5 nitrogen and oxygen atoms in total.